The van der Waals surface area contributed by atoms with Gasteiger partial charge in [0.05, 0.1) is 16.6 Å². The smallest absolute Gasteiger partial charge is 0.257 e. The number of benzene rings is 2. The molecule has 0 radical (unpaired) electrons. The lowest BCUT2D eigenvalue weighted by Crippen LogP contribution is -2.06. The molecule has 0 unspecified atom stereocenters. The third-order valence-corrected chi connectivity index (χ3v) is 5.49. The minimum atomic E-state index is -0.125. The van der Waals surface area contributed by atoms with Crippen LogP contribution >= 0.6 is 0 Å². The third-order valence-electron chi connectivity index (χ3n) is 5.49. The first kappa shape index (κ1) is 18.9. The molecule has 31 heavy (non-hydrogen) atoms. The van der Waals surface area contributed by atoms with Gasteiger partial charge in [-0.3, -0.25) is 9.78 Å². The Bertz CT molecular complexity index is 1380. The summed E-state index contributed by atoms with van der Waals surface area (Å²) in [6.07, 6.45) is 7.27. The zero-order valence-corrected chi connectivity index (χ0v) is 17.0. The van der Waals surface area contributed by atoms with E-state index in [0.29, 0.717) is 10.9 Å². The van der Waals surface area contributed by atoms with Gasteiger partial charge in [0.25, 0.3) is 5.56 Å². The fraction of sp³-hybridized carbons (Fsp3) is 0.0741. The second-order valence-corrected chi connectivity index (χ2v) is 7.55. The van der Waals surface area contributed by atoms with E-state index in [-0.39, 0.29) is 5.56 Å². The van der Waals surface area contributed by atoms with E-state index in [2.05, 4.69) is 40.3 Å². The molecule has 0 atom stereocenters. The lowest BCUT2D eigenvalue weighted by molar-refractivity contribution is 0.950. The Hall–Kier alpha value is -4.05. The summed E-state index contributed by atoms with van der Waals surface area (Å²) in [5.74, 6) is 0. The number of aromatic nitrogens is 3. The van der Waals surface area contributed by atoms with E-state index in [1.807, 2.05) is 54.7 Å². The van der Waals surface area contributed by atoms with E-state index >= 15 is 0 Å². The van der Waals surface area contributed by atoms with E-state index in [1.165, 1.54) is 11.1 Å². The van der Waals surface area contributed by atoms with Gasteiger partial charge < -0.3 is 4.98 Å². The zero-order valence-electron chi connectivity index (χ0n) is 17.0. The summed E-state index contributed by atoms with van der Waals surface area (Å²) in [5, 5.41) is 0.596. The average Bonchev–Trinajstić information content (AvgIpc) is 2.84. The summed E-state index contributed by atoms with van der Waals surface area (Å²) in [7, 11) is 0. The monoisotopic (exact) mass is 403 g/mol. The lowest BCUT2D eigenvalue weighted by atomic mass is 9.96. The van der Waals surface area contributed by atoms with E-state index in [0.717, 1.165) is 35.2 Å². The van der Waals surface area contributed by atoms with Gasteiger partial charge in [-0.25, -0.2) is 4.98 Å². The maximum Gasteiger partial charge on any atom is 0.257 e. The van der Waals surface area contributed by atoms with E-state index < -0.39 is 0 Å². The molecule has 1 N–H and O–H groups in total. The van der Waals surface area contributed by atoms with Gasteiger partial charge in [-0.1, -0.05) is 60.7 Å². The molecule has 4 heteroatoms. The molecule has 3 heterocycles. The number of aromatic amines is 1. The minimum absolute atomic E-state index is 0.125. The summed E-state index contributed by atoms with van der Waals surface area (Å²) >= 11 is 0. The zero-order chi connectivity index (χ0) is 21.0. The van der Waals surface area contributed by atoms with Crippen LogP contribution in [0.2, 0.25) is 0 Å². The van der Waals surface area contributed by atoms with Crippen LogP contribution in [-0.4, -0.2) is 15.0 Å². The highest BCUT2D eigenvalue weighted by atomic mass is 16.1. The minimum Gasteiger partial charge on any atom is -0.328 e. The summed E-state index contributed by atoms with van der Waals surface area (Å²) < 4.78 is 0. The standard InChI is InChI=1S/C27H21N3O/c31-27-24-17-23(21-6-2-1-3-7-21)26(30-25(24)14-16-29-27)22-12-10-19(11-13-22)8-9-20-5-4-15-28-18-20/h1-7,10-18H,8-9H2,(H,29,31). The van der Waals surface area contributed by atoms with Crippen molar-refractivity contribution in [1.29, 1.82) is 0 Å². The van der Waals surface area contributed by atoms with Crippen molar-refractivity contribution in [1.82, 2.24) is 15.0 Å². The number of hydrogen-bond donors (Lipinski definition) is 1. The van der Waals surface area contributed by atoms with Gasteiger partial charge in [0.2, 0.25) is 0 Å². The van der Waals surface area contributed by atoms with Gasteiger partial charge in [-0.05, 0) is 47.7 Å². The van der Waals surface area contributed by atoms with Crippen LogP contribution in [0.5, 0.6) is 0 Å². The Morgan fingerprint density at radius 2 is 1.58 bits per heavy atom. The average molecular weight is 403 g/mol. The second-order valence-electron chi connectivity index (χ2n) is 7.55. The Labute approximate surface area is 180 Å². The molecule has 0 aliphatic carbocycles. The third kappa shape index (κ3) is 4.01. The van der Waals surface area contributed by atoms with Crippen molar-refractivity contribution in [2.45, 2.75) is 12.8 Å². The van der Waals surface area contributed by atoms with Gasteiger partial charge >= 0.3 is 0 Å². The predicted octanol–water partition coefficient (Wildman–Crippen LogP) is 5.44. The summed E-state index contributed by atoms with van der Waals surface area (Å²) in [6, 6.07) is 26.5. The highest BCUT2D eigenvalue weighted by Gasteiger charge is 2.13. The summed E-state index contributed by atoms with van der Waals surface area (Å²) in [6.45, 7) is 0. The maximum atomic E-state index is 12.3. The van der Waals surface area contributed by atoms with Crippen molar-refractivity contribution in [2.75, 3.05) is 0 Å². The highest BCUT2D eigenvalue weighted by Crippen LogP contribution is 2.32. The summed E-state index contributed by atoms with van der Waals surface area (Å²) in [5.41, 5.74) is 6.97. The van der Waals surface area contributed by atoms with Crippen LogP contribution in [0, 0.1) is 0 Å². The van der Waals surface area contributed by atoms with Crippen LogP contribution < -0.4 is 5.56 Å². The highest BCUT2D eigenvalue weighted by molar-refractivity contribution is 5.91. The molecule has 0 saturated heterocycles. The first-order chi connectivity index (χ1) is 15.3. The molecule has 0 bridgehead atoms. The molecule has 3 aromatic heterocycles. The number of aryl methyl sites for hydroxylation is 2. The number of nitrogens with zero attached hydrogens (tertiary/aromatic N) is 2. The van der Waals surface area contributed by atoms with Gasteiger partial charge in [0.1, 0.15) is 0 Å². The van der Waals surface area contributed by atoms with Crippen molar-refractivity contribution < 1.29 is 0 Å². The van der Waals surface area contributed by atoms with Gasteiger partial charge in [0.15, 0.2) is 0 Å². The number of pyridine rings is 3. The van der Waals surface area contributed by atoms with Crippen molar-refractivity contribution >= 4 is 10.9 Å². The topological polar surface area (TPSA) is 58.6 Å². The Balaban J connectivity index is 1.53. The van der Waals surface area contributed by atoms with Gasteiger partial charge in [-0.15, -0.1) is 0 Å². The number of hydrogen-bond acceptors (Lipinski definition) is 3. The predicted molar refractivity (Wildman–Crippen MR) is 125 cm³/mol. The van der Waals surface area contributed by atoms with Gasteiger partial charge in [0, 0.05) is 29.7 Å². The van der Waals surface area contributed by atoms with Crippen molar-refractivity contribution in [3.05, 3.63) is 119 Å². The fourth-order valence-corrected chi connectivity index (χ4v) is 3.83. The quantitative estimate of drug-likeness (QED) is 0.425. The molecule has 5 rings (SSSR count). The van der Waals surface area contributed by atoms with Crippen molar-refractivity contribution in [2.24, 2.45) is 0 Å². The van der Waals surface area contributed by atoms with E-state index in [9.17, 15) is 4.79 Å². The van der Waals surface area contributed by atoms with Crippen LogP contribution in [0.15, 0.2) is 102 Å². The molecular formula is C27H21N3O. The molecule has 150 valence electrons. The molecular weight excluding hydrogens is 382 g/mol. The number of rotatable bonds is 5. The molecule has 0 saturated carbocycles. The Kier molecular flexibility index (Phi) is 5.11. The van der Waals surface area contributed by atoms with Crippen molar-refractivity contribution in [3.8, 4) is 22.4 Å². The first-order valence-corrected chi connectivity index (χ1v) is 10.3. The number of fused-ring (bicyclic) bond motifs is 1. The van der Waals surface area contributed by atoms with Crippen LogP contribution in [-0.2, 0) is 12.8 Å². The van der Waals surface area contributed by atoms with E-state index in [4.69, 9.17) is 4.98 Å². The lowest BCUT2D eigenvalue weighted by Gasteiger charge is -2.12. The molecule has 0 aliphatic rings. The maximum absolute atomic E-state index is 12.3. The molecule has 0 fully saturated rings. The second kappa shape index (κ2) is 8.36. The number of nitrogens with one attached hydrogen (secondary N) is 1. The largest absolute Gasteiger partial charge is 0.328 e. The first-order valence-electron chi connectivity index (χ1n) is 10.3. The van der Waals surface area contributed by atoms with Crippen LogP contribution in [0.3, 0.4) is 0 Å². The fourth-order valence-electron chi connectivity index (χ4n) is 3.83. The normalized spacial score (nSPS) is 11.0. The molecule has 5 aromatic rings. The number of H-pyrrole nitrogens is 1. The SMILES string of the molecule is O=c1[nH]ccc2nc(-c3ccc(CCc4cccnc4)cc3)c(-c3ccccc3)cc12. The van der Waals surface area contributed by atoms with Gasteiger partial charge in [-0.2, -0.15) is 0 Å². The molecule has 0 spiro atoms. The summed E-state index contributed by atoms with van der Waals surface area (Å²) in [4.78, 5) is 24.2. The van der Waals surface area contributed by atoms with Crippen LogP contribution in [0.1, 0.15) is 11.1 Å². The molecule has 0 amide bonds. The Morgan fingerprint density at radius 1 is 0.774 bits per heavy atom. The van der Waals surface area contributed by atoms with Crippen molar-refractivity contribution in [3.63, 3.8) is 0 Å². The Morgan fingerprint density at radius 3 is 2.35 bits per heavy atom. The molecule has 4 nitrogen and oxygen atoms in total. The van der Waals surface area contributed by atoms with E-state index in [1.54, 1.807) is 12.4 Å². The molecule has 0 aliphatic heterocycles. The molecule has 2 aromatic carbocycles. The van der Waals surface area contributed by atoms with Crippen LogP contribution in [0.25, 0.3) is 33.3 Å². The van der Waals surface area contributed by atoms with Crippen LogP contribution in [0.4, 0.5) is 0 Å².